The van der Waals surface area contributed by atoms with E-state index in [1.165, 1.54) is 24.3 Å². The zero-order chi connectivity index (χ0) is 24.3. The third-order valence-corrected chi connectivity index (χ3v) is 7.29. The van der Waals surface area contributed by atoms with Crippen LogP contribution in [0.5, 0.6) is 5.75 Å². The van der Waals surface area contributed by atoms with E-state index in [0.717, 1.165) is 19.3 Å². The molecule has 1 saturated heterocycles. The lowest BCUT2D eigenvalue weighted by Gasteiger charge is -2.30. The zero-order valence-corrected chi connectivity index (χ0v) is 19.5. The maximum Gasteiger partial charge on any atom is 0.344 e. The van der Waals surface area contributed by atoms with Gasteiger partial charge >= 0.3 is 6.03 Å². The highest BCUT2D eigenvalue weighted by Crippen LogP contribution is 2.33. The van der Waals surface area contributed by atoms with Crippen LogP contribution >= 0.6 is 0 Å². The van der Waals surface area contributed by atoms with Crippen LogP contribution in [0.25, 0.3) is 0 Å². The number of hydrazine groups is 1. The second kappa shape index (κ2) is 9.34. The van der Waals surface area contributed by atoms with Crippen molar-refractivity contribution >= 4 is 33.6 Å². The van der Waals surface area contributed by atoms with Gasteiger partial charge in [0, 0.05) is 11.3 Å². The van der Waals surface area contributed by atoms with E-state index in [1.54, 1.807) is 24.3 Å². The highest BCUT2D eigenvalue weighted by Gasteiger charge is 2.52. The van der Waals surface area contributed by atoms with Gasteiger partial charge in [-0.2, -0.15) is 5.01 Å². The van der Waals surface area contributed by atoms with E-state index in [9.17, 15) is 22.8 Å². The Morgan fingerprint density at radius 2 is 1.79 bits per heavy atom. The highest BCUT2D eigenvalue weighted by molar-refractivity contribution is 7.92. The van der Waals surface area contributed by atoms with Crippen LogP contribution in [-0.2, 0) is 14.8 Å². The molecule has 4 amide bonds. The van der Waals surface area contributed by atoms with Crippen LogP contribution in [0.15, 0.2) is 53.4 Å². The Bertz CT molecular complexity index is 1210. The van der Waals surface area contributed by atoms with E-state index in [4.69, 9.17) is 4.74 Å². The maximum atomic E-state index is 12.9. The van der Waals surface area contributed by atoms with Gasteiger partial charge in [0.1, 0.15) is 11.3 Å². The normalized spacial score (nSPS) is 17.4. The van der Waals surface area contributed by atoms with Gasteiger partial charge in [-0.1, -0.05) is 25.3 Å². The summed E-state index contributed by atoms with van der Waals surface area (Å²) in [5.41, 5.74) is 1.65. The average Bonchev–Trinajstić information content (AvgIpc) is 3.04. The fourth-order valence-corrected chi connectivity index (χ4v) is 5.29. The largest absolute Gasteiger partial charge is 0.494 e. The lowest BCUT2D eigenvalue weighted by Crippen LogP contribution is -2.50. The van der Waals surface area contributed by atoms with Crippen LogP contribution in [0.1, 0.15) is 49.4 Å². The topological polar surface area (TPSA) is 134 Å². The number of hydrogen-bond donors (Lipinski definition) is 3. The number of anilines is 1. The maximum absolute atomic E-state index is 12.9. The molecule has 2 fully saturated rings. The molecule has 10 nitrogen and oxygen atoms in total. The molecule has 1 saturated carbocycles. The van der Waals surface area contributed by atoms with Crippen LogP contribution in [0, 0.1) is 0 Å². The predicted molar refractivity (Wildman–Crippen MR) is 124 cm³/mol. The Hall–Kier alpha value is -3.60. The molecule has 1 aliphatic carbocycles. The Labute approximate surface area is 197 Å². The zero-order valence-electron chi connectivity index (χ0n) is 18.7. The van der Waals surface area contributed by atoms with E-state index in [2.05, 4.69) is 15.5 Å². The van der Waals surface area contributed by atoms with Crippen molar-refractivity contribution in [3.05, 3.63) is 54.1 Å². The molecule has 1 aliphatic heterocycles. The molecule has 34 heavy (non-hydrogen) atoms. The van der Waals surface area contributed by atoms with Crippen molar-refractivity contribution in [3.63, 3.8) is 0 Å². The number of nitrogens with zero attached hydrogens (tertiary/aromatic N) is 1. The molecule has 0 aromatic heterocycles. The number of nitrogens with one attached hydrogen (secondary N) is 3. The summed E-state index contributed by atoms with van der Waals surface area (Å²) in [5, 5.41) is 3.40. The van der Waals surface area contributed by atoms with Gasteiger partial charge in [0.25, 0.3) is 21.8 Å². The van der Waals surface area contributed by atoms with E-state index in [0.29, 0.717) is 35.9 Å². The summed E-state index contributed by atoms with van der Waals surface area (Å²) < 4.78 is 33.5. The molecule has 0 bridgehead atoms. The van der Waals surface area contributed by atoms with E-state index in [-0.39, 0.29) is 10.5 Å². The molecule has 0 atom stereocenters. The SMILES string of the molecule is CCOc1ccc(NS(=O)(=O)c2cccc(C(=O)NN3C(=O)NC4(CCCCC4)C3=O)c2)cc1. The molecule has 1 heterocycles. The molecule has 4 rings (SSSR count). The van der Waals surface area contributed by atoms with Gasteiger partial charge in [-0.05, 0) is 62.2 Å². The summed E-state index contributed by atoms with van der Waals surface area (Å²) in [6.07, 6.45) is 3.66. The minimum absolute atomic E-state index is 0.0141. The number of imide groups is 1. The first kappa shape index (κ1) is 23.6. The van der Waals surface area contributed by atoms with Crippen LogP contribution in [0.4, 0.5) is 10.5 Å². The van der Waals surface area contributed by atoms with Crippen molar-refractivity contribution < 1.29 is 27.5 Å². The van der Waals surface area contributed by atoms with E-state index < -0.39 is 33.4 Å². The molecule has 2 aromatic rings. The number of rotatable bonds is 7. The van der Waals surface area contributed by atoms with Crippen molar-refractivity contribution in [2.24, 2.45) is 0 Å². The summed E-state index contributed by atoms with van der Waals surface area (Å²) in [6.45, 7) is 2.34. The number of amides is 4. The molecule has 180 valence electrons. The van der Waals surface area contributed by atoms with E-state index in [1.807, 2.05) is 6.92 Å². The van der Waals surface area contributed by atoms with Gasteiger partial charge < -0.3 is 10.1 Å². The van der Waals surface area contributed by atoms with Crippen molar-refractivity contribution in [2.45, 2.75) is 49.5 Å². The van der Waals surface area contributed by atoms with Gasteiger partial charge in [-0.15, -0.1) is 0 Å². The first-order chi connectivity index (χ1) is 16.2. The molecule has 2 aromatic carbocycles. The minimum atomic E-state index is -4.00. The Kier molecular flexibility index (Phi) is 6.47. The van der Waals surface area contributed by atoms with Crippen LogP contribution in [0.3, 0.4) is 0 Å². The number of carbonyl (C=O) groups is 3. The third kappa shape index (κ3) is 4.69. The van der Waals surface area contributed by atoms with Crippen molar-refractivity contribution in [3.8, 4) is 5.75 Å². The first-order valence-corrected chi connectivity index (χ1v) is 12.6. The molecule has 0 radical (unpaired) electrons. The summed E-state index contributed by atoms with van der Waals surface area (Å²) in [4.78, 5) is 37.9. The van der Waals surface area contributed by atoms with Crippen molar-refractivity contribution in [1.82, 2.24) is 15.8 Å². The fraction of sp³-hybridized carbons (Fsp3) is 0.348. The number of hydrogen-bond acceptors (Lipinski definition) is 6. The molecule has 3 N–H and O–H groups in total. The van der Waals surface area contributed by atoms with Crippen molar-refractivity contribution in [2.75, 3.05) is 11.3 Å². The number of carbonyl (C=O) groups excluding carboxylic acids is 3. The lowest BCUT2D eigenvalue weighted by atomic mass is 9.82. The smallest absolute Gasteiger partial charge is 0.344 e. The molecule has 11 heteroatoms. The average molecular weight is 487 g/mol. The van der Waals surface area contributed by atoms with Gasteiger partial charge in [-0.3, -0.25) is 19.7 Å². The number of ether oxygens (including phenoxy) is 1. The van der Waals surface area contributed by atoms with Crippen LogP contribution in [0.2, 0.25) is 0 Å². The summed E-state index contributed by atoms with van der Waals surface area (Å²) in [7, 11) is -4.00. The quantitative estimate of drug-likeness (QED) is 0.515. The molecule has 0 unspecified atom stereocenters. The predicted octanol–water partition coefficient (Wildman–Crippen LogP) is 2.79. The Morgan fingerprint density at radius 1 is 1.09 bits per heavy atom. The van der Waals surface area contributed by atoms with Gasteiger partial charge in [0.2, 0.25) is 0 Å². The molecular formula is C23H26N4O6S. The van der Waals surface area contributed by atoms with Crippen LogP contribution in [-0.4, -0.2) is 43.4 Å². The molecular weight excluding hydrogens is 460 g/mol. The van der Waals surface area contributed by atoms with E-state index >= 15 is 0 Å². The second-order valence-corrected chi connectivity index (χ2v) is 9.93. The molecule has 1 spiro atoms. The first-order valence-electron chi connectivity index (χ1n) is 11.1. The monoisotopic (exact) mass is 486 g/mol. The fourth-order valence-electron chi connectivity index (χ4n) is 4.19. The second-order valence-electron chi connectivity index (χ2n) is 8.25. The van der Waals surface area contributed by atoms with Gasteiger partial charge in [-0.25, -0.2) is 13.2 Å². The Balaban J connectivity index is 1.47. The lowest BCUT2D eigenvalue weighted by molar-refractivity contribution is -0.134. The number of sulfonamides is 1. The molecule has 2 aliphatic rings. The summed E-state index contributed by atoms with van der Waals surface area (Å²) in [6, 6.07) is 11.1. The van der Waals surface area contributed by atoms with Crippen LogP contribution < -0.4 is 20.2 Å². The summed E-state index contributed by atoms with van der Waals surface area (Å²) in [5.74, 6) is -0.652. The minimum Gasteiger partial charge on any atom is -0.494 e. The van der Waals surface area contributed by atoms with Gasteiger partial charge in [0.05, 0.1) is 11.5 Å². The van der Waals surface area contributed by atoms with Crippen molar-refractivity contribution in [1.29, 1.82) is 0 Å². The number of urea groups is 1. The highest BCUT2D eigenvalue weighted by atomic mass is 32.2. The van der Waals surface area contributed by atoms with Gasteiger partial charge in [0.15, 0.2) is 0 Å². The summed E-state index contributed by atoms with van der Waals surface area (Å²) >= 11 is 0. The standard InChI is InChI=1S/C23H26N4O6S/c1-2-33-18-11-9-17(10-12-18)26-34(31,32)19-8-6-7-16(15-19)20(28)25-27-21(29)23(24-22(27)30)13-4-3-5-14-23/h6-12,15,26H,2-5,13-14H2,1H3,(H,24,30)(H,25,28). The number of benzene rings is 2. The Morgan fingerprint density at radius 3 is 2.47 bits per heavy atom. The third-order valence-electron chi connectivity index (χ3n) is 5.91.